The van der Waals surface area contributed by atoms with Gasteiger partial charge in [-0.25, -0.2) is 0 Å². The van der Waals surface area contributed by atoms with E-state index in [1.165, 1.54) is 0 Å². The Labute approximate surface area is 259 Å². The average molecular weight is 623 g/mol. The smallest absolute Gasteiger partial charge is 0.305 e. The summed E-state index contributed by atoms with van der Waals surface area (Å²) in [6.45, 7) is -0.445. The highest BCUT2D eigenvalue weighted by Crippen LogP contribution is 2.09. The van der Waals surface area contributed by atoms with E-state index in [0.717, 1.165) is 0 Å². The number of aliphatic carboxylic acids is 1. The van der Waals surface area contributed by atoms with Gasteiger partial charge in [-0.15, -0.1) is 0 Å². The average Bonchev–Trinajstić information content (AvgIpc) is 3.00. The summed E-state index contributed by atoms with van der Waals surface area (Å²) in [7, 11) is 0. The fraction of sp³-hybridized carbons (Fsp3) is 0.367. The zero-order valence-electron chi connectivity index (χ0n) is 24.5. The monoisotopic (exact) mass is 622 g/mol. The molecule has 1 saturated heterocycles. The summed E-state index contributed by atoms with van der Waals surface area (Å²) in [6, 6.07) is 12.5. The van der Waals surface area contributed by atoms with Gasteiger partial charge in [-0.3, -0.25) is 33.8 Å². The van der Waals surface area contributed by atoms with Crippen LogP contribution >= 0.6 is 0 Å². The molecule has 15 nitrogen and oxygen atoms in total. The molecule has 3 rings (SSSR count). The van der Waals surface area contributed by atoms with Crippen molar-refractivity contribution in [1.29, 1.82) is 0 Å². The fourth-order valence-corrected chi connectivity index (χ4v) is 4.63. The molecule has 5 amide bonds. The Morgan fingerprint density at radius 1 is 0.711 bits per heavy atom. The summed E-state index contributed by atoms with van der Waals surface area (Å²) in [5, 5.41) is 22.0. The highest BCUT2D eigenvalue weighted by Gasteiger charge is 2.33. The SMILES string of the molecule is NC(N)=NCCC[C@@H]1NC(=O)[C@H](Cc2ccccc2)NC(=O)[C@@H](Cc2ccccc2)NC(=O)[C@H](CC(=O)O)NC(=O)CNC1=O. The lowest BCUT2D eigenvalue weighted by atomic mass is 10.0. The second-order valence-corrected chi connectivity index (χ2v) is 10.4. The van der Waals surface area contributed by atoms with E-state index >= 15 is 0 Å². The van der Waals surface area contributed by atoms with E-state index in [9.17, 15) is 33.9 Å². The first-order valence-electron chi connectivity index (χ1n) is 14.3. The lowest BCUT2D eigenvalue weighted by Crippen LogP contribution is -2.58. The van der Waals surface area contributed by atoms with Crippen LogP contribution < -0.4 is 38.1 Å². The van der Waals surface area contributed by atoms with Crippen molar-refractivity contribution in [3.05, 3.63) is 71.8 Å². The summed E-state index contributed by atoms with van der Waals surface area (Å²) < 4.78 is 0. The molecule has 15 heteroatoms. The molecular formula is C30H38N8O7. The normalized spacial score (nSPS) is 21.5. The first-order chi connectivity index (χ1) is 21.5. The standard InChI is InChI=1S/C30H38N8O7/c31-30(32)33-13-7-12-20-26(42)34-17-24(39)35-23(16-25(40)41)29(45)38-22(15-19-10-5-2-6-11-19)28(44)37-21(27(43)36-20)14-18-8-3-1-4-9-18/h1-6,8-11,20-23H,7,12-17H2,(H,34,42)(H,35,39)(H,36,43)(H,37,44)(H,38,45)(H,40,41)(H4,31,32,33)/t20-,21-,22+,23-/m0/s1. The maximum Gasteiger partial charge on any atom is 0.305 e. The molecule has 0 radical (unpaired) electrons. The van der Waals surface area contributed by atoms with Crippen LogP contribution in [0.2, 0.25) is 0 Å². The van der Waals surface area contributed by atoms with Crippen LogP contribution in [0.1, 0.15) is 30.4 Å². The van der Waals surface area contributed by atoms with Gasteiger partial charge in [0, 0.05) is 19.4 Å². The van der Waals surface area contributed by atoms with E-state index < -0.39 is 72.6 Å². The molecule has 1 heterocycles. The lowest BCUT2D eigenvalue weighted by Gasteiger charge is -2.26. The largest absolute Gasteiger partial charge is 0.481 e. The summed E-state index contributed by atoms with van der Waals surface area (Å²) >= 11 is 0. The minimum atomic E-state index is -1.56. The maximum atomic E-state index is 13.7. The van der Waals surface area contributed by atoms with E-state index in [1.807, 2.05) is 0 Å². The number of nitrogens with one attached hydrogen (secondary N) is 5. The van der Waals surface area contributed by atoms with Crippen molar-refractivity contribution in [2.24, 2.45) is 16.5 Å². The van der Waals surface area contributed by atoms with Crippen LogP contribution in [0.3, 0.4) is 0 Å². The van der Waals surface area contributed by atoms with Gasteiger partial charge in [-0.2, -0.15) is 0 Å². The van der Waals surface area contributed by atoms with E-state index in [2.05, 4.69) is 31.6 Å². The van der Waals surface area contributed by atoms with Gasteiger partial charge < -0.3 is 43.2 Å². The Morgan fingerprint density at radius 3 is 1.69 bits per heavy atom. The zero-order chi connectivity index (χ0) is 32.8. The molecule has 1 fully saturated rings. The minimum Gasteiger partial charge on any atom is -0.481 e. The minimum absolute atomic E-state index is 0.000709. The van der Waals surface area contributed by atoms with Crippen molar-refractivity contribution in [2.45, 2.75) is 56.3 Å². The number of carbonyl (C=O) groups is 6. The summed E-state index contributed by atoms with van der Waals surface area (Å²) in [5.41, 5.74) is 12.1. The van der Waals surface area contributed by atoms with Crippen molar-refractivity contribution in [3.63, 3.8) is 0 Å². The number of nitrogens with two attached hydrogens (primary N) is 2. The van der Waals surface area contributed by atoms with Gasteiger partial charge in [0.05, 0.1) is 13.0 Å². The number of carbonyl (C=O) groups excluding carboxylic acids is 5. The molecule has 240 valence electrons. The number of hydrogen-bond donors (Lipinski definition) is 8. The first kappa shape index (κ1) is 34.0. The second-order valence-electron chi connectivity index (χ2n) is 10.4. The Balaban J connectivity index is 1.99. The number of nitrogens with zero attached hydrogens (tertiary/aromatic N) is 1. The van der Waals surface area contributed by atoms with E-state index in [-0.39, 0.29) is 38.2 Å². The van der Waals surface area contributed by atoms with Gasteiger partial charge >= 0.3 is 5.97 Å². The molecule has 1 aliphatic rings. The van der Waals surface area contributed by atoms with Gasteiger partial charge in [0.1, 0.15) is 24.2 Å². The molecular weight excluding hydrogens is 584 g/mol. The molecule has 0 aliphatic carbocycles. The highest BCUT2D eigenvalue weighted by molar-refractivity contribution is 5.98. The van der Waals surface area contributed by atoms with Gasteiger partial charge in [0.2, 0.25) is 29.5 Å². The maximum absolute atomic E-state index is 13.7. The number of guanidine groups is 1. The number of hydrogen-bond acceptors (Lipinski definition) is 7. The van der Waals surface area contributed by atoms with Crippen LogP contribution in [0, 0.1) is 0 Å². The number of carboxylic acid groups (broad SMARTS) is 1. The number of benzene rings is 2. The lowest BCUT2D eigenvalue weighted by molar-refractivity contribution is -0.141. The fourth-order valence-electron chi connectivity index (χ4n) is 4.63. The van der Waals surface area contributed by atoms with Crippen molar-refractivity contribution >= 4 is 41.5 Å². The first-order valence-corrected chi connectivity index (χ1v) is 14.3. The van der Waals surface area contributed by atoms with Crippen molar-refractivity contribution in [3.8, 4) is 0 Å². The molecule has 0 saturated carbocycles. The number of amides is 5. The molecule has 4 atom stereocenters. The Kier molecular flexibility index (Phi) is 12.8. The van der Waals surface area contributed by atoms with Gasteiger partial charge in [0.15, 0.2) is 5.96 Å². The summed E-state index contributed by atoms with van der Waals surface area (Å²) in [6.07, 6.45) is -0.361. The van der Waals surface area contributed by atoms with Gasteiger partial charge in [-0.1, -0.05) is 60.7 Å². The van der Waals surface area contributed by atoms with Crippen LogP contribution in [0.25, 0.3) is 0 Å². The summed E-state index contributed by atoms with van der Waals surface area (Å²) in [5.74, 6) is -5.42. The van der Waals surface area contributed by atoms with E-state index in [0.29, 0.717) is 11.1 Å². The molecule has 0 spiro atoms. The van der Waals surface area contributed by atoms with Crippen molar-refractivity contribution in [1.82, 2.24) is 26.6 Å². The molecule has 0 unspecified atom stereocenters. The molecule has 2 aromatic rings. The Bertz CT molecular complexity index is 1380. The van der Waals surface area contributed by atoms with E-state index in [4.69, 9.17) is 11.5 Å². The van der Waals surface area contributed by atoms with Crippen LogP contribution in [0.5, 0.6) is 0 Å². The Hall–Kier alpha value is -5.47. The molecule has 0 bridgehead atoms. The number of carboxylic acids is 1. The number of aliphatic imine (C=N–C) groups is 1. The van der Waals surface area contributed by atoms with Crippen LogP contribution in [0.15, 0.2) is 65.7 Å². The van der Waals surface area contributed by atoms with Crippen LogP contribution in [-0.4, -0.2) is 83.8 Å². The second kappa shape index (κ2) is 17.0. The van der Waals surface area contributed by atoms with Crippen molar-refractivity contribution < 1.29 is 33.9 Å². The predicted octanol–water partition coefficient (Wildman–Crippen LogP) is -1.93. The third-order valence-corrected chi connectivity index (χ3v) is 6.86. The Morgan fingerprint density at radius 2 is 1.20 bits per heavy atom. The highest BCUT2D eigenvalue weighted by atomic mass is 16.4. The zero-order valence-corrected chi connectivity index (χ0v) is 24.5. The van der Waals surface area contributed by atoms with Gasteiger partial charge in [-0.05, 0) is 24.0 Å². The molecule has 0 aromatic heterocycles. The molecule has 2 aromatic carbocycles. The quantitative estimate of drug-likeness (QED) is 0.0834. The molecule has 45 heavy (non-hydrogen) atoms. The topological polar surface area (TPSA) is 247 Å². The van der Waals surface area contributed by atoms with E-state index in [1.54, 1.807) is 60.7 Å². The van der Waals surface area contributed by atoms with Crippen molar-refractivity contribution in [2.75, 3.05) is 13.1 Å². The molecule has 1 aliphatic heterocycles. The molecule has 10 N–H and O–H groups in total. The third kappa shape index (κ3) is 11.6. The van der Waals surface area contributed by atoms with Gasteiger partial charge in [0.25, 0.3) is 0 Å². The third-order valence-electron chi connectivity index (χ3n) is 6.86. The number of rotatable bonds is 10. The predicted molar refractivity (Wildman–Crippen MR) is 163 cm³/mol. The van der Waals surface area contributed by atoms with Crippen LogP contribution in [0.4, 0.5) is 0 Å². The van der Waals surface area contributed by atoms with Crippen LogP contribution in [-0.2, 0) is 41.6 Å². The summed E-state index contributed by atoms with van der Waals surface area (Å²) in [4.78, 5) is 81.9.